The summed E-state index contributed by atoms with van der Waals surface area (Å²) in [4.78, 5) is 4.74. The van der Waals surface area contributed by atoms with Crippen LogP contribution in [-0.4, -0.2) is 33.0 Å². The Bertz CT molecular complexity index is 3630. The number of hydrogen-bond acceptors (Lipinski definition) is 10. The minimum Gasteiger partial charge on any atom is -0.494 e. The molecule has 0 aliphatic rings. The maximum absolute atomic E-state index is 5.62. The smallest absolute Gasteiger partial charge is 0.119 e. The van der Waals surface area contributed by atoms with Crippen molar-refractivity contribution in [3.63, 3.8) is 0 Å². The molecule has 5 nitrogen and oxygen atoms in total. The van der Waals surface area contributed by atoms with Crippen molar-refractivity contribution in [3.05, 3.63) is 298 Å². The molecule has 0 bridgehead atoms. The zero-order valence-electron chi connectivity index (χ0n) is 60.0. The SMILES string of the molecule is CCCCOc1ccc(C#Cc2ccc(S)cc2)cc1.CCCCOc1ccc(C#Cc2ccc(S)cc2)cc1.CCCCOc1ccc(C#Cc2ccc(S)cc2)cc1.CCCCOc1ccc(C#Cc2ccc(S)cc2)cc1.CCCCOc1ccc(C#Cc2ccc(S)cc2)cc1.F.F.F.F.F. The van der Waals surface area contributed by atoms with Crippen molar-refractivity contribution in [2.45, 2.75) is 123 Å². The van der Waals surface area contributed by atoms with Gasteiger partial charge < -0.3 is 23.7 Å². The Morgan fingerprint density at radius 1 is 0.181 bits per heavy atom. The number of hydrogen-bond donors (Lipinski definition) is 5. The van der Waals surface area contributed by atoms with Gasteiger partial charge in [-0.1, -0.05) is 126 Å². The van der Waals surface area contributed by atoms with Gasteiger partial charge in [0.25, 0.3) is 0 Å². The van der Waals surface area contributed by atoms with Crippen LogP contribution in [0.1, 0.15) is 154 Å². The third-order valence-electron chi connectivity index (χ3n) is 14.2. The molecule has 0 radical (unpaired) electrons. The lowest BCUT2D eigenvalue weighted by atomic mass is 10.2. The fraction of sp³-hybridized carbons (Fsp3) is 0.222. The van der Waals surface area contributed by atoms with Crippen molar-refractivity contribution in [1.29, 1.82) is 0 Å². The van der Waals surface area contributed by atoms with Crippen LogP contribution in [0.15, 0.2) is 267 Å². The molecule has 550 valence electrons. The second-order valence-corrected chi connectivity index (χ2v) is 25.2. The predicted octanol–water partition coefficient (Wildman–Crippen LogP) is 23.5. The number of ether oxygens (including phenoxy) is 5. The highest BCUT2D eigenvalue weighted by Gasteiger charge is 2.00. The Morgan fingerprint density at radius 3 is 0.390 bits per heavy atom. The molecule has 10 aromatic rings. The van der Waals surface area contributed by atoms with E-state index in [-0.39, 0.29) is 23.5 Å². The lowest BCUT2D eigenvalue weighted by Gasteiger charge is -2.04. The summed E-state index contributed by atoms with van der Waals surface area (Å²) < 4.78 is 28.1. The Kier molecular flexibility index (Phi) is 50.5. The van der Waals surface area contributed by atoms with Crippen molar-refractivity contribution < 1.29 is 47.2 Å². The van der Waals surface area contributed by atoms with Crippen molar-refractivity contribution >= 4 is 63.1 Å². The zero-order chi connectivity index (χ0) is 71.0. The van der Waals surface area contributed by atoms with E-state index < -0.39 is 0 Å². The summed E-state index contributed by atoms with van der Waals surface area (Å²) >= 11 is 21.3. The average molecular weight is 1510 g/mol. The standard InChI is InChI=1S/5C18H18OS.5FH/c5*1-2-3-14-19-17-10-6-15(7-11-17)4-5-16-8-12-18(20)13-9-16;;;;;/h5*6-13,20H,2-3,14H2,1H3;5*1H. The second-order valence-electron chi connectivity index (χ2n) is 22.6. The van der Waals surface area contributed by atoms with Crippen LogP contribution < -0.4 is 23.7 Å². The molecule has 0 spiro atoms. The van der Waals surface area contributed by atoms with Crippen LogP contribution in [0.2, 0.25) is 0 Å². The van der Waals surface area contributed by atoms with Crippen LogP contribution >= 0.6 is 63.1 Å². The lowest BCUT2D eigenvalue weighted by Crippen LogP contribution is -1.95. The minimum absolute atomic E-state index is 0. The fourth-order valence-corrected chi connectivity index (χ4v) is 9.04. The third kappa shape index (κ3) is 40.9. The first-order chi connectivity index (χ1) is 48.9. The Balaban J connectivity index is 0.000000649. The summed E-state index contributed by atoms with van der Waals surface area (Å²) in [7, 11) is 0. The number of benzene rings is 10. The molecule has 0 atom stereocenters. The lowest BCUT2D eigenvalue weighted by molar-refractivity contribution is 0.309. The Labute approximate surface area is 648 Å². The van der Waals surface area contributed by atoms with Gasteiger partial charge in [-0.05, 0) is 275 Å². The van der Waals surface area contributed by atoms with E-state index in [1.165, 1.54) is 0 Å². The molecule has 0 saturated carbocycles. The molecule has 0 N–H and O–H groups in total. The van der Waals surface area contributed by atoms with Gasteiger partial charge in [0.15, 0.2) is 0 Å². The Hall–Kier alpha value is -9.60. The summed E-state index contributed by atoms with van der Waals surface area (Å²) in [5, 5.41) is 0. The van der Waals surface area contributed by atoms with Gasteiger partial charge in [0.2, 0.25) is 0 Å². The highest BCUT2D eigenvalue weighted by atomic mass is 32.1. The molecule has 0 heterocycles. The second kappa shape index (κ2) is 56.8. The molecule has 0 fully saturated rings. The molecule has 0 aromatic heterocycles. The van der Waals surface area contributed by atoms with Gasteiger partial charge in [-0.25, -0.2) is 0 Å². The van der Waals surface area contributed by atoms with Crippen LogP contribution in [0.25, 0.3) is 0 Å². The van der Waals surface area contributed by atoms with Gasteiger partial charge in [-0.15, -0.1) is 63.1 Å². The summed E-state index contributed by atoms with van der Waals surface area (Å²) in [6, 6.07) is 78.7. The van der Waals surface area contributed by atoms with E-state index in [1.807, 2.05) is 243 Å². The van der Waals surface area contributed by atoms with Gasteiger partial charge in [0.05, 0.1) is 33.0 Å². The van der Waals surface area contributed by atoms with Crippen molar-refractivity contribution in [1.82, 2.24) is 0 Å². The van der Waals surface area contributed by atoms with E-state index in [4.69, 9.17) is 23.7 Å². The highest BCUT2D eigenvalue weighted by Crippen LogP contribution is 2.19. The Morgan fingerprint density at radius 2 is 0.286 bits per heavy atom. The molecule has 0 amide bonds. The monoisotopic (exact) mass is 1510 g/mol. The first-order valence-corrected chi connectivity index (χ1v) is 36.3. The zero-order valence-corrected chi connectivity index (χ0v) is 64.5. The quantitative estimate of drug-likeness (QED) is 0.0228. The molecular formula is C90H95F5O5S5. The summed E-state index contributed by atoms with van der Waals surface area (Å²) in [6.45, 7) is 14.7. The number of rotatable bonds is 20. The van der Waals surface area contributed by atoms with Crippen molar-refractivity contribution in [2.24, 2.45) is 0 Å². The first-order valence-electron chi connectivity index (χ1n) is 34.1. The van der Waals surface area contributed by atoms with Gasteiger partial charge in [0.1, 0.15) is 28.7 Å². The molecule has 0 aliphatic heterocycles. The molecular weight excluding hydrogens is 1420 g/mol. The van der Waals surface area contributed by atoms with Crippen molar-refractivity contribution in [2.75, 3.05) is 33.0 Å². The summed E-state index contributed by atoms with van der Waals surface area (Å²) in [6.07, 6.45) is 11.2. The van der Waals surface area contributed by atoms with E-state index in [0.717, 1.165) is 206 Å². The van der Waals surface area contributed by atoms with Crippen LogP contribution in [0.3, 0.4) is 0 Å². The van der Waals surface area contributed by atoms with Gasteiger partial charge in [-0.2, -0.15) is 0 Å². The minimum atomic E-state index is 0. The van der Waals surface area contributed by atoms with E-state index in [9.17, 15) is 0 Å². The highest BCUT2D eigenvalue weighted by molar-refractivity contribution is 7.81. The van der Waals surface area contributed by atoms with Crippen molar-refractivity contribution in [3.8, 4) is 88.0 Å². The van der Waals surface area contributed by atoms with Crippen LogP contribution in [-0.2, 0) is 0 Å². The van der Waals surface area contributed by atoms with Gasteiger partial charge >= 0.3 is 0 Å². The molecule has 10 aromatic carbocycles. The van der Waals surface area contributed by atoms with E-state index in [0.29, 0.717) is 0 Å². The number of unbranched alkanes of at least 4 members (excludes halogenated alkanes) is 5. The van der Waals surface area contributed by atoms with Crippen LogP contribution in [0.5, 0.6) is 28.7 Å². The van der Waals surface area contributed by atoms with E-state index >= 15 is 0 Å². The topological polar surface area (TPSA) is 46.2 Å². The third-order valence-corrected chi connectivity index (χ3v) is 15.7. The maximum Gasteiger partial charge on any atom is 0.119 e. The average Bonchev–Trinajstić information content (AvgIpc) is 0.996. The van der Waals surface area contributed by atoms with E-state index in [2.05, 4.69) is 157 Å². The first kappa shape index (κ1) is 93.4. The predicted molar refractivity (Wildman–Crippen MR) is 445 cm³/mol. The normalized spacial score (nSPS) is 9.24. The molecule has 105 heavy (non-hydrogen) atoms. The van der Waals surface area contributed by atoms with Gasteiger partial charge in [0, 0.05) is 80.1 Å². The van der Waals surface area contributed by atoms with Crippen LogP contribution in [0, 0.1) is 59.2 Å². The molecule has 0 saturated heterocycles. The van der Waals surface area contributed by atoms with E-state index in [1.54, 1.807) is 0 Å². The molecule has 0 unspecified atom stereocenters. The fourth-order valence-electron chi connectivity index (χ4n) is 8.29. The maximum atomic E-state index is 5.62. The molecule has 10 rings (SSSR count). The van der Waals surface area contributed by atoms with Crippen LogP contribution in [0.4, 0.5) is 23.5 Å². The van der Waals surface area contributed by atoms with Gasteiger partial charge in [-0.3, -0.25) is 23.5 Å². The number of thiol groups is 5. The summed E-state index contributed by atoms with van der Waals surface area (Å²) in [5.41, 5.74) is 9.90. The molecule has 0 aliphatic carbocycles. The largest absolute Gasteiger partial charge is 0.494 e. The molecule has 15 heteroatoms. The number of halogens is 5. The summed E-state index contributed by atoms with van der Waals surface area (Å²) in [5.74, 6) is 35.9.